The smallest absolute Gasteiger partial charge is 0.385 e. The van der Waals surface area contributed by atoms with Gasteiger partial charge in [-0.25, -0.2) is 0 Å². The molecule has 2 saturated carbocycles. The molecule has 0 radical (unpaired) electrons. The van der Waals surface area contributed by atoms with Crippen LogP contribution in [0.5, 0.6) is 0 Å². The molecule has 0 aromatic heterocycles. The fourth-order valence-corrected chi connectivity index (χ4v) is 3.86. The number of alkyl halides is 3. The summed E-state index contributed by atoms with van der Waals surface area (Å²) < 4.78 is 38.2. The molecule has 3 rings (SSSR count). The van der Waals surface area contributed by atoms with Gasteiger partial charge in [0.15, 0.2) is 0 Å². The molecule has 0 saturated heterocycles. The summed E-state index contributed by atoms with van der Waals surface area (Å²) in [6, 6.07) is 3.94. The summed E-state index contributed by atoms with van der Waals surface area (Å²) in [7, 11) is 0. The van der Waals surface area contributed by atoms with Crippen LogP contribution >= 0.6 is 0 Å². The third-order valence-corrected chi connectivity index (χ3v) is 5.00. The number of fused-ring (bicyclic) bond motifs is 2. The third kappa shape index (κ3) is 2.65. The van der Waals surface area contributed by atoms with Crippen LogP contribution in [-0.4, -0.2) is 6.54 Å². The van der Waals surface area contributed by atoms with E-state index in [0.29, 0.717) is 11.6 Å². The summed E-state index contributed by atoms with van der Waals surface area (Å²) in [5, 5.41) is 3.25. The molecular weight excluding hydrogens is 263 g/mol. The van der Waals surface area contributed by atoms with Crippen molar-refractivity contribution in [1.29, 1.82) is 0 Å². The average molecular weight is 283 g/mol. The number of benzene rings is 1. The number of nitrogens with one attached hydrogen (secondary N) is 1. The van der Waals surface area contributed by atoms with Crippen molar-refractivity contribution in [3.63, 3.8) is 0 Å². The Bertz CT molecular complexity index is 495. The van der Waals surface area contributed by atoms with Gasteiger partial charge in [0.2, 0.25) is 0 Å². The molecule has 0 amide bonds. The number of halogens is 3. The molecule has 4 heteroatoms. The van der Waals surface area contributed by atoms with Crippen LogP contribution in [0.15, 0.2) is 18.2 Å². The van der Waals surface area contributed by atoms with Gasteiger partial charge in [-0.15, -0.1) is 0 Å². The van der Waals surface area contributed by atoms with Gasteiger partial charge in [0, 0.05) is 12.2 Å². The second kappa shape index (κ2) is 4.97. The lowest BCUT2D eigenvalue weighted by Gasteiger charge is -2.23. The maximum atomic E-state index is 12.7. The van der Waals surface area contributed by atoms with Gasteiger partial charge >= 0.3 is 6.18 Å². The molecule has 110 valence electrons. The zero-order valence-electron chi connectivity index (χ0n) is 11.6. The summed E-state index contributed by atoms with van der Waals surface area (Å²) in [6.45, 7) is 2.66. The van der Waals surface area contributed by atoms with E-state index in [4.69, 9.17) is 0 Å². The largest absolute Gasteiger partial charge is 0.416 e. The van der Waals surface area contributed by atoms with E-state index in [1.807, 2.05) is 6.92 Å². The van der Waals surface area contributed by atoms with Gasteiger partial charge in [-0.05, 0) is 61.6 Å². The van der Waals surface area contributed by atoms with Gasteiger partial charge < -0.3 is 5.32 Å². The van der Waals surface area contributed by atoms with Crippen molar-refractivity contribution in [3.8, 4) is 0 Å². The Morgan fingerprint density at radius 1 is 1.20 bits per heavy atom. The Kier molecular flexibility index (Phi) is 3.43. The molecule has 2 aliphatic carbocycles. The van der Waals surface area contributed by atoms with Crippen molar-refractivity contribution in [2.75, 3.05) is 11.9 Å². The van der Waals surface area contributed by atoms with Crippen LogP contribution in [0.1, 0.15) is 36.8 Å². The molecule has 0 spiro atoms. The van der Waals surface area contributed by atoms with E-state index in [1.54, 1.807) is 6.07 Å². The van der Waals surface area contributed by atoms with Crippen LogP contribution in [0.4, 0.5) is 18.9 Å². The number of rotatable bonds is 3. The fraction of sp³-hybridized carbons (Fsp3) is 0.625. The van der Waals surface area contributed by atoms with E-state index in [-0.39, 0.29) is 0 Å². The molecule has 3 atom stereocenters. The molecule has 3 unspecified atom stereocenters. The molecule has 2 fully saturated rings. The first-order valence-electron chi connectivity index (χ1n) is 7.35. The number of aryl methyl sites for hydroxylation is 1. The molecule has 1 aromatic rings. The first kappa shape index (κ1) is 13.8. The molecule has 2 aliphatic rings. The predicted molar refractivity (Wildman–Crippen MR) is 73.6 cm³/mol. The standard InChI is InChI=1S/C16H20F3N/c1-10-2-5-14(16(17,18)19)8-15(10)20-9-13-7-11-3-4-12(13)6-11/h2,5,8,11-13,20H,3-4,6-7,9H2,1H3. The van der Waals surface area contributed by atoms with Crippen molar-refractivity contribution in [2.45, 2.75) is 38.8 Å². The van der Waals surface area contributed by atoms with Gasteiger partial charge in [0.1, 0.15) is 0 Å². The van der Waals surface area contributed by atoms with Crippen LogP contribution in [-0.2, 0) is 6.18 Å². The van der Waals surface area contributed by atoms with Crippen molar-refractivity contribution in [2.24, 2.45) is 17.8 Å². The van der Waals surface area contributed by atoms with E-state index in [2.05, 4.69) is 5.32 Å². The highest BCUT2D eigenvalue weighted by atomic mass is 19.4. The molecular formula is C16H20F3N. The normalized spacial score (nSPS) is 28.9. The van der Waals surface area contributed by atoms with E-state index >= 15 is 0 Å². The lowest BCUT2D eigenvalue weighted by Crippen LogP contribution is -2.20. The Labute approximate surface area is 117 Å². The average Bonchev–Trinajstić information content (AvgIpc) is 2.98. The molecule has 0 heterocycles. The zero-order chi connectivity index (χ0) is 14.3. The number of hydrogen-bond donors (Lipinski definition) is 1. The second-order valence-corrected chi connectivity index (χ2v) is 6.34. The van der Waals surface area contributed by atoms with Gasteiger partial charge in [-0.1, -0.05) is 12.5 Å². The van der Waals surface area contributed by atoms with Gasteiger partial charge in [0.05, 0.1) is 5.56 Å². The van der Waals surface area contributed by atoms with E-state index in [9.17, 15) is 13.2 Å². The van der Waals surface area contributed by atoms with Gasteiger partial charge in [0.25, 0.3) is 0 Å². The van der Waals surface area contributed by atoms with Gasteiger partial charge in [-0.2, -0.15) is 13.2 Å². The maximum Gasteiger partial charge on any atom is 0.416 e. The van der Waals surface area contributed by atoms with E-state index in [0.717, 1.165) is 30.0 Å². The Balaban J connectivity index is 1.68. The minimum Gasteiger partial charge on any atom is -0.385 e. The Morgan fingerprint density at radius 2 is 2.00 bits per heavy atom. The molecule has 0 aliphatic heterocycles. The summed E-state index contributed by atoms with van der Waals surface area (Å²) in [5.74, 6) is 2.30. The van der Waals surface area contributed by atoms with Crippen molar-refractivity contribution in [1.82, 2.24) is 0 Å². The first-order chi connectivity index (χ1) is 9.43. The summed E-state index contributed by atoms with van der Waals surface area (Å²) in [5.41, 5.74) is 0.933. The van der Waals surface area contributed by atoms with E-state index in [1.165, 1.54) is 31.7 Å². The van der Waals surface area contributed by atoms with Crippen LogP contribution in [0.25, 0.3) is 0 Å². The molecule has 1 N–H and O–H groups in total. The maximum absolute atomic E-state index is 12.7. The second-order valence-electron chi connectivity index (χ2n) is 6.34. The van der Waals surface area contributed by atoms with Crippen molar-refractivity contribution >= 4 is 5.69 Å². The van der Waals surface area contributed by atoms with Crippen LogP contribution in [0, 0.1) is 24.7 Å². The topological polar surface area (TPSA) is 12.0 Å². The van der Waals surface area contributed by atoms with Crippen LogP contribution < -0.4 is 5.32 Å². The quantitative estimate of drug-likeness (QED) is 0.835. The first-order valence-corrected chi connectivity index (χ1v) is 7.35. The van der Waals surface area contributed by atoms with Crippen LogP contribution in [0.2, 0.25) is 0 Å². The fourth-order valence-electron chi connectivity index (χ4n) is 3.86. The summed E-state index contributed by atoms with van der Waals surface area (Å²) >= 11 is 0. The summed E-state index contributed by atoms with van der Waals surface area (Å²) in [4.78, 5) is 0. The van der Waals surface area contributed by atoms with Crippen molar-refractivity contribution in [3.05, 3.63) is 29.3 Å². The monoisotopic (exact) mass is 283 g/mol. The Morgan fingerprint density at radius 3 is 2.60 bits per heavy atom. The Hall–Kier alpha value is -1.19. The highest BCUT2D eigenvalue weighted by molar-refractivity contribution is 5.53. The van der Waals surface area contributed by atoms with Gasteiger partial charge in [-0.3, -0.25) is 0 Å². The molecule has 1 aromatic carbocycles. The summed E-state index contributed by atoms with van der Waals surface area (Å²) in [6.07, 6.45) is 0.961. The highest BCUT2D eigenvalue weighted by Crippen LogP contribution is 2.48. The number of hydrogen-bond acceptors (Lipinski definition) is 1. The van der Waals surface area contributed by atoms with Crippen LogP contribution in [0.3, 0.4) is 0 Å². The number of anilines is 1. The lowest BCUT2D eigenvalue weighted by atomic mass is 9.89. The lowest BCUT2D eigenvalue weighted by molar-refractivity contribution is -0.137. The SMILES string of the molecule is Cc1ccc(C(F)(F)F)cc1NCC1CC2CCC1C2. The molecule has 1 nitrogen and oxygen atoms in total. The minimum atomic E-state index is -4.27. The highest BCUT2D eigenvalue weighted by Gasteiger charge is 2.39. The zero-order valence-corrected chi connectivity index (χ0v) is 11.6. The molecule has 20 heavy (non-hydrogen) atoms. The predicted octanol–water partition coefficient (Wildman–Crippen LogP) is 4.86. The minimum absolute atomic E-state index is 0.571. The van der Waals surface area contributed by atoms with E-state index < -0.39 is 11.7 Å². The third-order valence-electron chi connectivity index (χ3n) is 5.00. The van der Waals surface area contributed by atoms with Crippen molar-refractivity contribution < 1.29 is 13.2 Å². The molecule has 2 bridgehead atoms.